The third-order valence-corrected chi connectivity index (χ3v) is 2.70. The highest BCUT2D eigenvalue weighted by molar-refractivity contribution is 5.34. The lowest BCUT2D eigenvalue weighted by atomic mass is 9.96. The number of rotatable bonds is 5. The molecule has 1 rings (SSSR count). The summed E-state index contributed by atoms with van der Waals surface area (Å²) in [7, 11) is 0. The van der Waals surface area contributed by atoms with Crippen LogP contribution in [0.15, 0.2) is 30.3 Å². The van der Waals surface area contributed by atoms with Gasteiger partial charge in [-0.15, -0.1) is 0 Å². The molecule has 0 aliphatic heterocycles. The SMILES string of the molecule is CCCCC(C#Cc1ccccc1)C(O)CO. The molecule has 1 aromatic carbocycles. The number of hydrogen-bond donors (Lipinski definition) is 2. The molecule has 0 aliphatic carbocycles. The van der Waals surface area contributed by atoms with Gasteiger partial charge >= 0.3 is 0 Å². The Balaban J connectivity index is 2.68. The minimum Gasteiger partial charge on any atom is -0.394 e. The molecule has 2 unspecified atom stereocenters. The predicted octanol–water partition coefficient (Wildman–Crippen LogP) is 2.20. The van der Waals surface area contributed by atoms with Crippen molar-refractivity contribution < 1.29 is 10.2 Å². The molecule has 2 nitrogen and oxygen atoms in total. The largest absolute Gasteiger partial charge is 0.394 e. The second kappa shape index (κ2) is 7.89. The lowest BCUT2D eigenvalue weighted by molar-refractivity contribution is 0.0625. The van der Waals surface area contributed by atoms with Gasteiger partial charge in [0.1, 0.15) is 0 Å². The molecule has 0 bridgehead atoms. The average molecular weight is 232 g/mol. The van der Waals surface area contributed by atoms with E-state index in [1.165, 1.54) is 0 Å². The fraction of sp³-hybridized carbons (Fsp3) is 0.467. The quantitative estimate of drug-likeness (QED) is 0.764. The summed E-state index contributed by atoms with van der Waals surface area (Å²) in [5.41, 5.74) is 0.944. The standard InChI is InChI=1S/C15H20O2/c1-2-3-9-14(15(17)12-16)11-10-13-7-5-4-6-8-13/h4-8,14-17H,2-3,9,12H2,1H3. The van der Waals surface area contributed by atoms with Crippen LogP contribution in [0.2, 0.25) is 0 Å². The van der Waals surface area contributed by atoms with Crippen LogP contribution in [0, 0.1) is 17.8 Å². The summed E-state index contributed by atoms with van der Waals surface area (Å²) in [4.78, 5) is 0. The Morgan fingerprint density at radius 2 is 1.94 bits per heavy atom. The van der Waals surface area contributed by atoms with E-state index in [-0.39, 0.29) is 12.5 Å². The van der Waals surface area contributed by atoms with E-state index in [1.807, 2.05) is 30.3 Å². The van der Waals surface area contributed by atoms with Crippen molar-refractivity contribution in [1.82, 2.24) is 0 Å². The van der Waals surface area contributed by atoms with Gasteiger partial charge in [-0.1, -0.05) is 49.8 Å². The Hall–Kier alpha value is -1.30. The number of hydrogen-bond acceptors (Lipinski definition) is 2. The summed E-state index contributed by atoms with van der Waals surface area (Å²) in [6.45, 7) is 1.88. The van der Waals surface area contributed by atoms with E-state index >= 15 is 0 Å². The topological polar surface area (TPSA) is 40.5 Å². The Kier molecular flexibility index (Phi) is 6.39. The first-order valence-electron chi connectivity index (χ1n) is 6.13. The monoisotopic (exact) mass is 232 g/mol. The maximum atomic E-state index is 9.67. The highest BCUT2D eigenvalue weighted by Gasteiger charge is 2.14. The van der Waals surface area contributed by atoms with Crippen molar-refractivity contribution in [3.63, 3.8) is 0 Å². The molecular formula is C15H20O2. The summed E-state index contributed by atoms with van der Waals surface area (Å²) < 4.78 is 0. The lowest BCUT2D eigenvalue weighted by Crippen LogP contribution is -2.23. The van der Waals surface area contributed by atoms with Crippen molar-refractivity contribution in [3.8, 4) is 11.8 Å². The molecule has 92 valence electrons. The number of benzene rings is 1. The van der Waals surface area contributed by atoms with E-state index in [1.54, 1.807) is 0 Å². The van der Waals surface area contributed by atoms with Crippen molar-refractivity contribution in [1.29, 1.82) is 0 Å². The van der Waals surface area contributed by atoms with Crippen LogP contribution in [0.1, 0.15) is 31.7 Å². The van der Waals surface area contributed by atoms with Crippen LogP contribution in [-0.4, -0.2) is 22.9 Å². The second-order valence-corrected chi connectivity index (χ2v) is 4.13. The maximum Gasteiger partial charge on any atom is 0.0908 e. The number of unbranched alkanes of at least 4 members (excludes halogenated alkanes) is 1. The van der Waals surface area contributed by atoms with Gasteiger partial charge in [0, 0.05) is 11.5 Å². The van der Waals surface area contributed by atoms with Crippen molar-refractivity contribution in [2.45, 2.75) is 32.3 Å². The first kappa shape index (κ1) is 13.8. The fourth-order valence-corrected chi connectivity index (χ4v) is 1.61. The number of aliphatic hydroxyl groups is 2. The molecule has 0 amide bonds. The fourth-order valence-electron chi connectivity index (χ4n) is 1.61. The molecule has 0 aliphatic rings. The van der Waals surface area contributed by atoms with E-state index in [2.05, 4.69) is 18.8 Å². The Morgan fingerprint density at radius 1 is 1.24 bits per heavy atom. The van der Waals surface area contributed by atoms with Crippen molar-refractivity contribution in [2.24, 2.45) is 5.92 Å². The minimum atomic E-state index is -0.738. The molecule has 0 saturated heterocycles. The molecule has 0 spiro atoms. The van der Waals surface area contributed by atoms with E-state index in [4.69, 9.17) is 5.11 Å². The van der Waals surface area contributed by atoms with Crippen LogP contribution in [0.5, 0.6) is 0 Å². The smallest absolute Gasteiger partial charge is 0.0908 e. The zero-order valence-electron chi connectivity index (χ0n) is 10.3. The Bertz CT molecular complexity index is 362. The average Bonchev–Trinajstić information content (AvgIpc) is 2.39. The minimum absolute atomic E-state index is 0.139. The predicted molar refractivity (Wildman–Crippen MR) is 69.4 cm³/mol. The van der Waals surface area contributed by atoms with E-state index in [0.717, 1.165) is 24.8 Å². The van der Waals surface area contributed by atoms with Crippen LogP contribution in [0.4, 0.5) is 0 Å². The lowest BCUT2D eigenvalue weighted by Gasteiger charge is -2.15. The van der Waals surface area contributed by atoms with Crippen molar-refractivity contribution >= 4 is 0 Å². The molecule has 0 aromatic heterocycles. The first-order chi connectivity index (χ1) is 8.27. The molecule has 0 radical (unpaired) electrons. The first-order valence-corrected chi connectivity index (χ1v) is 6.13. The van der Waals surface area contributed by atoms with Gasteiger partial charge < -0.3 is 10.2 Å². The van der Waals surface area contributed by atoms with Crippen LogP contribution in [-0.2, 0) is 0 Å². The van der Waals surface area contributed by atoms with Gasteiger partial charge in [0.2, 0.25) is 0 Å². The van der Waals surface area contributed by atoms with Gasteiger partial charge in [0.25, 0.3) is 0 Å². The van der Waals surface area contributed by atoms with Gasteiger partial charge in [-0.2, -0.15) is 0 Å². The van der Waals surface area contributed by atoms with Crippen molar-refractivity contribution in [3.05, 3.63) is 35.9 Å². The van der Waals surface area contributed by atoms with Crippen molar-refractivity contribution in [2.75, 3.05) is 6.61 Å². The van der Waals surface area contributed by atoms with E-state index < -0.39 is 6.10 Å². The summed E-state index contributed by atoms with van der Waals surface area (Å²) >= 11 is 0. The molecule has 1 aromatic rings. The van der Waals surface area contributed by atoms with Gasteiger partial charge in [-0.05, 0) is 18.6 Å². The molecule has 0 heterocycles. The second-order valence-electron chi connectivity index (χ2n) is 4.13. The molecule has 0 saturated carbocycles. The Morgan fingerprint density at radius 3 is 2.53 bits per heavy atom. The van der Waals surface area contributed by atoms with Crippen LogP contribution >= 0.6 is 0 Å². The van der Waals surface area contributed by atoms with Crippen LogP contribution < -0.4 is 0 Å². The van der Waals surface area contributed by atoms with Crippen LogP contribution in [0.3, 0.4) is 0 Å². The summed E-state index contributed by atoms with van der Waals surface area (Å²) in [6.07, 6.45) is 2.18. The Labute approximate surface area is 103 Å². The highest BCUT2D eigenvalue weighted by atomic mass is 16.3. The summed E-state index contributed by atoms with van der Waals surface area (Å²) in [6, 6.07) is 9.70. The molecular weight excluding hydrogens is 212 g/mol. The molecule has 2 atom stereocenters. The van der Waals surface area contributed by atoms with E-state index in [9.17, 15) is 5.11 Å². The number of aliphatic hydroxyl groups excluding tert-OH is 2. The van der Waals surface area contributed by atoms with Gasteiger partial charge in [-0.25, -0.2) is 0 Å². The van der Waals surface area contributed by atoms with Gasteiger partial charge in [-0.3, -0.25) is 0 Å². The molecule has 17 heavy (non-hydrogen) atoms. The third kappa shape index (κ3) is 5.04. The molecule has 0 fully saturated rings. The zero-order valence-corrected chi connectivity index (χ0v) is 10.3. The van der Waals surface area contributed by atoms with Crippen LogP contribution in [0.25, 0.3) is 0 Å². The molecule has 2 heteroatoms. The zero-order chi connectivity index (χ0) is 12.5. The van der Waals surface area contributed by atoms with Gasteiger partial charge in [0.05, 0.1) is 12.7 Å². The maximum absolute atomic E-state index is 9.67. The van der Waals surface area contributed by atoms with Gasteiger partial charge in [0.15, 0.2) is 0 Å². The molecule has 2 N–H and O–H groups in total. The highest BCUT2D eigenvalue weighted by Crippen LogP contribution is 2.12. The summed E-state index contributed by atoms with van der Waals surface area (Å²) in [5, 5.41) is 18.7. The summed E-state index contributed by atoms with van der Waals surface area (Å²) in [5.74, 6) is 5.97. The van der Waals surface area contributed by atoms with E-state index in [0.29, 0.717) is 0 Å². The third-order valence-electron chi connectivity index (χ3n) is 2.70. The normalized spacial score (nSPS) is 13.6.